The topological polar surface area (TPSA) is 26.0 Å². The molecule has 0 unspecified atom stereocenters. The van der Waals surface area contributed by atoms with Crippen molar-refractivity contribution in [2.45, 2.75) is 45.1 Å². The van der Waals surface area contributed by atoms with Crippen molar-refractivity contribution in [3.63, 3.8) is 0 Å². The minimum absolute atomic E-state index is 0.264. The number of thiophene rings is 1. The molecule has 1 nitrogen and oxygen atoms in total. The second kappa shape index (κ2) is 4.98. The summed E-state index contributed by atoms with van der Waals surface area (Å²) in [5.41, 5.74) is 7.66. The predicted molar refractivity (Wildman–Crippen MR) is 70.3 cm³/mol. The van der Waals surface area contributed by atoms with Crippen molar-refractivity contribution in [1.82, 2.24) is 0 Å². The van der Waals surface area contributed by atoms with Gasteiger partial charge < -0.3 is 5.73 Å². The maximum atomic E-state index is 6.34. The molecule has 0 radical (unpaired) electrons. The summed E-state index contributed by atoms with van der Waals surface area (Å²) in [6.45, 7) is 2.14. The molecule has 0 amide bonds. The Balaban J connectivity index is 2.08. The zero-order valence-corrected chi connectivity index (χ0v) is 11.5. The molecule has 15 heavy (non-hydrogen) atoms. The second-order valence-corrected chi connectivity index (χ2v) is 6.93. The van der Waals surface area contributed by atoms with Gasteiger partial charge in [0.05, 0.1) is 3.79 Å². The van der Waals surface area contributed by atoms with Gasteiger partial charge in [0.2, 0.25) is 0 Å². The molecule has 2 N–H and O–H groups in total. The van der Waals surface area contributed by atoms with Crippen molar-refractivity contribution in [3.05, 3.63) is 20.3 Å². The van der Waals surface area contributed by atoms with Gasteiger partial charge in [0, 0.05) is 10.9 Å². The van der Waals surface area contributed by atoms with Crippen molar-refractivity contribution >= 4 is 27.3 Å². The van der Waals surface area contributed by atoms with Crippen molar-refractivity contribution in [1.29, 1.82) is 0 Å². The molecule has 1 aromatic heterocycles. The van der Waals surface area contributed by atoms with E-state index in [9.17, 15) is 0 Å². The molecular formula is C12H18BrNS. The van der Waals surface area contributed by atoms with Crippen LogP contribution in [0.2, 0.25) is 0 Å². The van der Waals surface area contributed by atoms with E-state index < -0.39 is 0 Å². The summed E-state index contributed by atoms with van der Waals surface area (Å²) in [6, 6.07) is 2.51. The summed E-state index contributed by atoms with van der Waals surface area (Å²) in [5.74, 6) is 0.712. The Morgan fingerprint density at radius 2 is 2.07 bits per heavy atom. The van der Waals surface area contributed by atoms with Crippen molar-refractivity contribution in [2.75, 3.05) is 0 Å². The first-order valence-corrected chi connectivity index (χ1v) is 7.31. The lowest BCUT2D eigenvalue weighted by Gasteiger charge is -2.26. The zero-order valence-electron chi connectivity index (χ0n) is 9.13. The molecule has 1 atom stereocenters. The first-order valence-electron chi connectivity index (χ1n) is 5.70. The van der Waals surface area contributed by atoms with Crippen LogP contribution in [0.5, 0.6) is 0 Å². The minimum atomic E-state index is 0.264. The number of halogens is 1. The largest absolute Gasteiger partial charge is 0.323 e. The normalized spacial score (nSPS) is 20.5. The van der Waals surface area contributed by atoms with Gasteiger partial charge in [-0.1, -0.05) is 19.3 Å². The standard InChI is InChI=1S/C12H18BrNS/c1-8-7-10(15-12(8)13)11(14)9-5-3-2-4-6-9/h7,9,11H,2-6,14H2,1H3/t11-/m0/s1. The van der Waals surface area contributed by atoms with Gasteiger partial charge in [0.1, 0.15) is 0 Å². The maximum Gasteiger partial charge on any atom is 0.0731 e. The third kappa shape index (κ3) is 2.63. The van der Waals surface area contributed by atoms with Crippen LogP contribution in [0.1, 0.15) is 48.6 Å². The van der Waals surface area contributed by atoms with E-state index in [4.69, 9.17) is 5.73 Å². The maximum absolute atomic E-state index is 6.34. The molecule has 1 fully saturated rings. The number of hydrogen-bond acceptors (Lipinski definition) is 2. The van der Waals surface area contributed by atoms with Gasteiger partial charge in [0.25, 0.3) is 0 Å². The third-order valence-corrected chi connectivity index (χ3v) is 5.60. The highest BCUT2D eigenvalue weighted by molar-refractivity contribution is 9.11. The van der Waals surface area contributed by atoms with Crippen LogP contribution in [-0.4, -0.2) is 0 Å². The Labute approximate surface area is 104 Å². The fraction of sp³-hybridized carbons (Fsp3) is 0.667. The van der Waals surface area contributed by atoms with Crippen LogP contribution in [0, 0.1) is 12.8 Å². The fourth-order valence-electron chi connectivity index (χ4n) is 2.37. The molecule has 0 bridgehead atoms. The third-order valence-electron chi connectivity index (χ3n) is 3.36. The average Bonchev–Trinajstić information content (AvgIpc) is 2.59. The highest BCUT2D eigenvalue weighted by atomic mass is 79.9. The summed E-state index contributed by atoms with van der Waals surface area (Å²) in [5, 5.41) is 0. The molecule has 0 aromatic carbocycles. The van der Waals surface area contributed by atoms with Crippen LogP contribution in [0.25, 0.3) is 0 Å². The summed E-state index contributed by atoms with van der Waals surface area (Å²) >= 11 is 5.38. The highest BCUT2D eigenvalue weighted by Crippen LogP contribution is 2.38. The molecule has 1 heterocycles. The van der Waals surface area contributed by atoms with Crippen LogP contribution < -0.4 is 5.73 Å². The molecule has 0 saturated heterocycles. The van der Waals surface area contributed by atoms with Gasteiger partial charge in [-0.05, 0) is 53.2 Å². The Morgan fingerprint density at radius 1 is 1.40 bits per heavy atom. The molecule has 1 aliphatic carbocycles. The zero-order chi connectivity index (χ0) is 10.8. The number of hydrogen-bond donors (Lipinski definition) is 1. The van der Waals surface area contributed by atoms with Gasteiger partial charge in [-0.2, -0.15) is 0 Å². The summed E-state index contributed by atoms with van der Waals surface area (Å²) in [4.78, 5) is 1.35. The Bertz CT molecular complexity index is 309. The van der Waals surface area contributed by atoms with Crippen molar-refractivity contribution in [2.24, 2.45) is 11.7 Å². The molecule has 84 valence electrons. The number of aryl methyl sites for hydroxylation is 1. The summed E-state index contributed by atoms with van der Waals surface area (Å²) < 4.78 is 1.24. The Kier molecular flexibility index (Phi) is 3.86. The molecular weight excluding hydrogens is 270 g/mol. The van der Waals surface area contributed by atoms with Crippen LogP contribution in [-0.2, 0) is 0 Å². The summed E-state index contributed by atoms with van der Waals surface area (Å²) in [6.07, 6.45) is 6.76. The first kappa shape index (κ1) is 11.6. The van der Waals surface area contributed by atoms with Gasteiger partial charge in [-0.3, -0.25) is 0 Å². The second-order valence-electron chi connectivity index (χ2n) is 4.53. The van der Waals surface area contributed by atoms with E-state index in [1.54, 1.807) is 0 Å². The molecule has 3 heteroatoms. The van der Waals surface area contributed by atoms with Gasteiger partial charge >= 0.3 is 0 Å². The van der Waals surface area contributed by atoms with E-state index >= 15 is 0 Å². The van der Waals surface area contributed by atoms with E-state index in [0.29, 0.717) is 5.92 Å². The van der Waals surface area contributed by atoms with E-state index in [1.807, 2.05) is 11.3 Å². The Morgan fingerprint density at radius 3 is 2.60 bits per heavy atom. The van der Waals surface area contributed by atoms with Crippen LogP contribution in [0.4, 0.5) is 0 Å². The summed E-state index contributed by atoms with van der Waals surface area (Å²) in [7, 11) is 0. The van der Waals surface area contributed by atoms with E-state index in [1.165, 1.54) is 46.3 Å². The SMILES string of the molecule is Cc1cc([C@@H](N)C2CCCCC2)sc1Br. The molecule has 1 saturated carbocycles. The minimum Gasteiger partial charge on any atom is -0.323 e. The monoisotopic (exact) mass is 287 g/mol. The van der Waals surface area contributed by atoms with Crippen molar-refractivity contribution in [3.8, 4) is 0 Å². The van der Waals surface area contributed by atoms with E-state index in [2.05, 4.69) is 28.9 Å². The molecule has 1 aromatic rings. The average molecular weight is 288 g/mol. The lowest BCUT2D eigenvalue weighted by molar-refractivity contribution is 0.310. The van der Waals surface area contributed by atoms with Gasteiger partial charge in [-0.25, -0.2) is 0 Å². The molecule has 0 aliphatic heterocycles. The van der Waals surface area contributed by atoms with Crippen molar-refractivity contribution < 1.29 is 0 Å². The lowest BCUT2D eigenvalue weighted by Crippen LogP contribution is -2.22. The number of nitrogens with two attached hydrogens (primary N) is 1. The Hall–Kier alpha value is 0.140. The highest BCUT2D eigenvalue weighted by Gasteiger charge is 2.23. The van der Waals surface area contributed by atoms with Crippen LogP contribution >= 0.6 is 27.3 Å². The predicted octanol–water partition coefficient (Wildman–Crippen LogP) is 4.40. The molecule has 0 spiro atoms. The lowest BCUT2D eigenvalue weighted by atomic mass is 9.84. The van der Waals surface area contributed by atoms with Gasteiger partial charge in [0.15, 0.2) is 0 Å². The molecule has 1 aliphatic rings. The smallest absolute Gasteiger partial charge is 0.0731 e. The van der Waals surface area contributed by atoms with Crippen LogP contribution in [0.15, 0.2) is 9.85 Å². The number of rotatable bonds is 2. The first-order chi connectivity index (χ1) is 7.18. The van der Waals surface area contributed by atoms with Gasteiger partial charge in [-0.15, -0.1) is 11.3 Å². The van der Waals surface area contributed by atoms with E-state index in [0.717, 1.165) is 0 Å². The fourth-order valence-corrected chi connectivity index (χ4v) is 4.04. The quantitative estimate of drug-likeness (QED) is 0.857. The van der Waals surface area contributed by atoms with E-state index in [-0.39, 0.29) is 6.04 Å². The van der Waals surface area contributed by atoms with Crippen LogP contribution in [0.3, 0.4) is 0 Å². The molecule has 2 rings (SSSR count).